The van der Waals surface area contributed by atoms with Crippen molar-refractivity contribution in [2.24, 2.45) is 0 Å². The summed E-state index contributed by atoms with van der Waals surface area (Å²) in [5.74, 6) is 1.19. The van der Waals surface area contributed by atoms with Gasteiger partial charge in [-0.1, -0.05) is 12.1 Å². The molecule has 3 aromatic rings. The Hall–Kier alpha value is -3.33. The molecule has 5 rings (SSSR count). The zero-order chi connectivity index (χ0) is 20.1. The minimum Gasteiger partial charge on any atom is -0.504 e. The van der Waals surface area contributed by atoms with Gasteiger partial charge in [0.15, 0.2) is 17.3 Å². The van der Waals surface area contributed by atoms with E-state index in [9.17, 15) is 9.90 Å². The Morgan fingerprint density at radius 3 is 2.97 bits per heavy atom. The number of benzene rings is 1. The van der Waals surface area contributed by atoms with Gasteiger partial charge in [0, 0.05) is 28.5 Å². The monoisotopic (exact) mass is 409 g/mol. The van der Waals surface area contributed by atoms with Crippen LogP contribution in [0.25, 0.3) is 0 Å². The number of anilines is 2. The quantitative estimate of drug-likeness (QED) is 0.609. The molecule has 1 aliphatic carbocycles. The molecule has 29 heavy (non-hydrogen) atoms. The maximum atomic E-state index is 13.3. The van der Waals surface area contributed by atoms with Crippen LogP contribution < -0.4 is 15.8 Å². The minimum absolute atomic E-state index is 0.0328. The number of thiophene rings is 1. The van der Waals surface area contributed by atoms with Crippen molar-refractivity contribution in [2.75, 3.05) is 18.2 Å². The third-order valence-electron chi connectivity index (χ3n) is 5.40. The van der Waals surface area contributed by atoms with Gasteiger partial charge in [0.2, 0.25) is 11.9 Å². The first-order chi connectivity index (χ1) is 14.0. The summed E-state index contributed by atoms with van der Waals surface area (Å²) in [7, 11) is 1.49. The van der Waals surface area contributed by atoms with Crippen LogP contribution in [0.5, 0.6) is 11.5 Å². The lowest BCUT2D eigenvalue weighted by molar-refractivity contribution is -0.116. The molecule has 4 N–H and O–H groups in total. The predicted molar refractivity (Wildman–Crippen MR) is 109 cm³/mol. The molecule has 1 aromatic carbocycles. The summed E-state index contributed by atoms with van der Waals surface area (Å²) >= 11 is 1.66. The minimum atomic E-state index is -0.489. The topological polar surface area (TPSA) is 115 Å². The molecule has 8 nitrogen and oxygen atoms in total. The van der Waals surface area contributed by atoms with Crippen molar-refractivity contribution in [2.45, 2.75) is 24.8 Å². The summed E-state index contributed by atoms with van der Waals surface area (Å²) in [6.45, 7) is 0. The fraction of sp³-hybridized carbons (Fsp3) is 0.250. The summed E-state index contributed by atoms with van der Waals surface area (Å²) in [6.07, 6.45) is 1.15. The van der Waals surface area contributed by atoms with Crippen LogP contribution in [0.15, 0.2) is 47.0 Å². The first kappa shape index (κ1) is 17.7. The van der Waals surface area contributed by atoms with Gasteiger partial charge in [0.05, 0.1) is 7.11 Å². The summed E-state index contributed by atoms with van der Waals surface area (Å²) in [4.78, 5) is 18.8. The molecule has 0 amide bonds. The van der Waals surface area contributed by atoms with E-state index in [0.29, 0.717) is 30.1 Å². The number of hydrogen-bond acceptors (Lipinski definition) is 8. The van der Waals surface area contributed by atoms with Crippen molar-refractivity contribution < 1.29 is 14.6 Å². The number of phenolic OH excluding ortho intramolecular Hbond substituents is 1. The Morgan fingerprint density at radius 1 is 1.34 bits per heavy atom. The van der Waals surface area contributed by atoms with Crippen molar-refractivity contribution in [3.63, 3.8) is 0 Å². The van der Waals surface area contributed by atoms with Gasteiger partial charge in [-0.2, -0.15) is 4.98 Å². The lowest BCUT2D eigenvalue weighted by atomic mass is 9.80. The number of allylic oxidation sites excluding steroid dienone is 2. The maximum Gasteiger partial charge on any atom is 0.241 e. The first-order valence-electron chi connectivity index (χ1n) is 9.20. The molecule has 0 spiro atoms. The smallest absolute Gasteiger partial charge is 0.241 e. The van der Waals surface area contributed by atoms with E-state index in [0.717, 1.165) is 11.3 Å². The Balaban J connectivity index is 1.64. The van der Waals surface area contributed by atoms with Gasteiger partial charge >= 0.3 is 0 Å². The third kappa shape index (κ3) is 2.85. The van der Waals surface area contributed by atoms with Gasteiger partial charge in [0.25, 0.3) is 0 Å². The van der Waals surface area contributed by atoms with Crippen molar-refractivity contribution in [3.8, 4) is 11.5 Å². The van der Waals surface area contributed by atoms with Crippen LogP contribution in [-0.2, 0) is 4.79 Å². The van der Waals surface area contributed by atoms with Gasteiger partial charge in [-0.05, 0) is 35.6 Å². The number of nitrogen functional groups attached to an aromatic ring is 1. The van der Waals surface area contributed by atoms with Crippen LogP contribution >= 0.6 is 11.3 Å². The van der Waals surface area contributed by atoms with Crippen LogP contribution in [0.2, 0.25) is 0 Å². The maximum absolute atomic E-state index is 13.3. The number of rotatable bonds is 3. The summed E-state index contributed by atoms with van der Waals surface area (Å²) in [5.41, 5.74) is 8.12. The highest BCUT2D eigenvalue weighted by molar-refractivity contribution is 7.10. The molecule has 2 atom stereocenters. The number of aromatic hydroxyl groups is 1. The van der Waals surface area contributed by atoms with E-state index < -0.39 is 6.04 Å². The van der Waals surface area contributed by atoms with Crippen LogP contribution in [-0.4, -0.2) is 32.8 Å². The van der Waals surface area contributed by atoms with Crippen molar-refractivity contribution in [1.82, 2.24) is 14.8 Å². The Bertz CT molecular complexity index is 1140. The molecule has 0 saturated heterocycles. The third-order valence-corrected chi connectivity index (χ3v) is 6.44. The molecule has 0 saturated carbocycles. The summed E-state index contributed by atoms with van der Waals surface area (Å²) in [6, 6.07) is 8.62. The van der Waals surface area contributed by atoms with Crippen LogP contribution in [0.4, 0.5) is 11.9 Å². The number of aromatic nitrogens is 3. The second-order valence-corrected chi connectivity index (χ2v) is 8.11. The highest BCUT2D eigenvalue weighted by Gasteiger charge is 2.40. The van der Waals surface area contributed by atoms with E-state index in [-0.39, 0.29) is 23.4 Å². The number of ketones is 1. The number of Topliss-reactive ketones (excluding diaryl/α,β-unsaturated/α-hetero) is 1. The van der Waals surface area contributed by atoms with Crippen LogP contribution in [0.3, 0.4) is 0 Å². The van der Waals surface area contributed by atoms with Crippen LogP contribution in [0.1, 0.15) is 35.2 Å². The summed E-state index contributed by atoms with van der Waals surface area (Å²) < 4.78 is 6.89. The highest BCUT2D eigenvalue weighted by Crippen LogP contribution is 2.45. The average Bonchev–Trinajstić information content (AvgIpc) is 3.35. The molecular weight excluding hydrogens is 390 g/mol. The molecule has 3 heterocycles. The number of hydrogen-bond donors (Lipinski definition) is 3. The number of nitrogens with one attached hydrogen (secondary N) is 1. The van der Waals surface area contributed by atoms with Gasteiger partial charge < -0.3 is 20.9 Å². The fourth-order valence-corrected chi connectivity index (χ4v) is 4.96. The normalized spacial score (nSPS) is 20.8. The standard InChI is InChI=1S/C20H19N5O3S/c1-28-15-9-10(4-5-13(15)26)18-17-12(22-20-23-19(21)24-25(18)20)7-11(8-14(17)27)16-3-2-6-29-16/h2-6,9,11,18,26H,7-8H2,1H3,(H3,21,22,23,24)/t11-,18+/m0/s1. The van der Waals surface area contributed by atoms with Gasteiger partial charge in [-0.15, -0.1) is 16.4 Å². The van der Waals surface area contributed by atoms with E-state index in [2.05, 4.69) is 21.5 Å². The number of ether oxygens (including phenoxy) is 1. The molecule has 1 aliphatic heterocycles. The highest BCUT2D eigenvalue weighted by atomic mass is 32.1. The average molecular weight is 409 g/mol. The van der Waals surface area contributed by atoms with Crippen molar-refractivity contribution >= 4 is 29.0 Å². The number of carbonyl (C=O) groups is 1. The number of methoxy groups -OCH3 is 1. The SMILES string of the molecule is COc1cc([C@@H]2C3=C(C[C@H](c4cccs4)CC3=O)Nc3nc(N)nn32)ccc1O. The zero-order valence-corrected chi connectivity index (χ0v) is 16.4. The van der Waals surface area contributed by atoms with Gasteiger partial charge in [-0.3, -0.25) is 4.79 Å². The molecule has 2 aliphatic rings. The predicted octanol–water partition coefficient (Wildman–Crippen LogP) is 3.05. The van der Waals surface area contributed by atoms with E-state index in [1.165, 1.54) is 12.0 Å². The lowest BCUT2D eigenvalue weighted by Gasteiger charge is -2.34. The number of fused-ring (bicyclic) bond motifs is 1. The number of nitrogens with two attached hydrogens (primary N) is 1. The fourth-order valence-electron chi connectivity index (χ4n) is 4.13. The number of nitrogens with zero attached hydrogens (tertiary/aromatic N) is 3. The van der Waals surface area contributed by atoms with E-state index in [1.807, 2.05) is 11.4 Å². The van der Waals surface area contributed by atoms with Crippen LogP contribution in [0, 0.1) is 0 Å². The molecule has 0 radical (unpaired) electrons. The first-order valence-corrected chi connectivity index (χ1v) is 10.1. The van der Waals surface area contributed by atoms with E-state index in [4.69, 9.17) is 10.5 Å². The summed E-state index contributed by atoms with van der Waals surface area (Å²) in [5, 5.41) is 19.6. The lowest BCUT2D eigenvalue weighted by Crippen LogP contribution is -2.33. The molecule has 0 bridgehead atoms. The molecule has 0 fully saturated rings. The number of carbonyl (C=O) groups excluding carboxylic acids is 1. The molecule has 2 aromatic heterocycles. The largest absolute Gasteiger partial charge is 0.504 e. The Morgan fingerprint density at radius 2 is 2.21 bits per heavy atom. The van der Waals surface area contributed by atoms with Crippen molar-refractivity contribution in [3.05, 3.63) is 57.4 Å². The Kier molecular flexibility index (Phi) is 4.06. The van der Waals surface area contributed by atoms with Gasteiger partial charge in [-0.25, -0.2) is 4.68 Å². The zero-order valence-electron chi connectivity index (χ0n) is 15.6. The van der Waals surface area contributed by atoms with Gasteiger partial charge in [0.1, 0.15) is 6.04 Å². The second-order valence-electron chi connectivity index (χ2n) is 7.13. The molecule has 0 unspecified atom stereocenters. The second kappa shape index (κ2) is 6.63. The molecular formula is C20H19N5O3S. The van der Waals surface area contributed by atoms with Crippen molar-refractivity contribution in [1.29, 1.82) is 0 Å². The molecule has 148 valence electrons. The van der Waals surface area contributed by atoms with E-state index in [1.54, 1.807) is 34.2 Å². The molecule has 9 heteroatoms. The van der Waals surface area contributed by atoms with E-state index >= 15 is 0 Å². The number of phenols is 1. The Labute approximate surface area is 170 Å².